The first kappa shape index (κ1) is 11.6. The fourth-order valence-corrected chi connectivity index (χ4v) is 1.19. The van der Waals surface area contributed by atoms with Crippen molar-refractivity contribution in [2.45, 2.75) is 0 Å². The number of nitrogens with two attached hydrogens (primary N) is 1. The minimum absolute atomic E-state index is 0.472. The highest BCUT2D eigenvalue weighted by atomic mass is 16.5. The SMILES string of the molecule is COc1cccc(OCCNN)c1OC. The molecule has 0 atom stereocenters. The molecule has 1 aromatic rings. The predicted molar refractivity (Wildman–Crippen MR) is 57.2 cm³/mol. The lowest BCUT2D eigenvalue weighted by Crippen LogP contribution is -2.27. The van der Waals surface area contributed by atoms with Crippen molar-refractivity contribution in [3.63, 3.8) is 0 Å². The molecule has 84 valence electrons. The highest BCUT2D eigenvalue weighted by Gasteiger charge is 2.09. The topological polar surface area (TPSA) is 65.7 Å². The van der Waals surface area contributed by atoms with Crippen LogP contribution in [0.3, 0.4) is 0 Å². The number of rotatable bonds is 6. The number of hydrogen-bond acceptors (Lipinski definition) is 5. The molecule has 0 unspecified atom stereocenters. The summed E-state index contributed by atoms with van der Waals surface area (Å²) < 4.78 is 15.8. The highest BCUT2D eigenvalue weighted by molar-refractivity contribution is 5.50. The van der Waals surface area contributed by atoms with Crippen LogP contribution in [0.1, 0.15) is 0 Å². The summed E-state index contributed by atoms with van der Waals surface area (Å²) in [7, 11) is 3.16. The first-order valence-electron chi connectivity index (χ1n) is 4.60. The first-order valence-corrected chi connectivity index (χ1v) is 4.60. The monoisotopic (exact) mass is 212 g/mol. The molecule has 1 rings (SSSR count). The second-order valence-electron chi connectivity index (χ2n) is 2.79. The van der Waals surface area contributed by atoms with Crippen LogP contribution in [0.25, 0.3) is 0 Å². The second-order valence-corrected chi connectivity index (χ2v) is 2.79. The van der Waals surface area contributed by atoms with E-state index in [1.165, 1.54) is 0 Å². The third-order valence-corrected chi connectivity index (χ3v) is 1.87. The van der Waals surface area contributed by atoms with E-state index >= 15 is 0 Å². The van der Waals surface area contributed by atoms with Gasteiger partial charge >= 0.3 is 0 Å². The van der Waals surface area contributed by atoms with Gasteiger partial charge in [0, 0.05) is 6.54 Å². The van der Waals surface area contributed by atoms with Crippen molar-refractivity contribution in [2.75, 3.05) is 27.4 Å². The Morgan fingerprint density at radius 1 is 1.20 bits per heavy atom. The molecule has 0 spiro atoms. The molecular weight excluding hydrogens is 196 g/mol. The maximum Gasteiger partial charge on any atom is 0.203 e. The van der Waals surface area contributed by atoms with Crippen molar-refractivity contribution in [3.05, 3.63) is 18.2 Å². The Kier molecular flexibility index (Phi) is 4.73. The van der Waals surface area contributed by atoms with E-state index in [2.05, 4.69) is 5.43 Å². The Balaban J connectivity index is 2.76. The van der Waals surface area contributed by atoms with Gasteiger partial charge in [0.25, 0.3) is 0 Å². The quantitative estimate of drug-likeness (QED) is 0.409. The summed E-state index contributed by atoms with van der Waals surface area (Å²) in [5.74, 6) is 7.02. The van der Waals surface area contributed by atoms with Gasteiger partial charge in [-0.1, -0.05) is 6.07 Å². The van der Waals surface area contributed by atoms with Gasteiger partial charge in [-0.25, -0.2) is 0 Å². The zero-order valence-electron chi connectivity index (χ0n) is 8.95. The van der Waals surface area contributed by atoms with Crippen LogP contribution in [0.2, 0.25) is 0 Å². The molecule has 0 saturated heterocycles. The van der Waals surface area contributed by atoms with Crippen LogP contribution in [0.5, 0.6) is 17.2 Å². The Morgan fingerprint density at radius 3 is 2.53 bits per heavy atom. The number of nitrogens with one attached hydrogen (secondary N) is 1. The molecule has 15 heavy (non-hydrogen) atoms. The summed E-state index contributed by atoms with van der Waals surface area (Å²) in [6, 6.07) is 5.47. The summed E-state index contributed by atoms with van der Waals surface area (Å²) in [6.45, 7) is 1.04. The van der Waals surface area contributed by atoms with Crippen molar-refractivity contribution in [2.24, 2.45) is 5.84 Å². The van der Waals surface area contributed by atoms with Crippen molar-refractivity contribution >= 4 is 0 Å². The molecule has 0 radical (unpaired) electrons. The van der Waals surface area contributed by atoms with Gasteiger partial charge in [0.1, 0.15) is 6.61 Å². The molecule has 0 aliphatic rings. The van der Waals surface area contributed by atoms with Gasteiger partial charge in [-0.2, -0.15) is 0 Å². The van der Waals surface area contributed by atoms with E-state index in [-0.39, 0.29) is 0 Å². The highest BCUT2D eigenvalue weighted by Crippen LogP contribution is 2.36. The normalized spacial score (nSPS) is 9.80. The molecule has 1 aromatic carbocycles. The molecule has 0 aromatic heterocycles. The van der Waals surface area contributed by atoms with E-state index in [4.69, 9.17) is 20.1 Å². The molecule has 0 heterocycles. The van der Waals surface area contributed by atoms with Crippen LogP contribution in [0.15, 0.2) is 18.2 Å². The average molecular weight is 212 g/mol. The van der Waals surface area contributed by atoms with Gasteiger partial charge in [-0.05, 0) is 12.1 Å². The summed E-state index contributed by atoms with van der Waals surface area (Å²) in [5, 5.41) is 0. The lowest BCUT2D eigenvalue weighted by molar-refractivity contribution is 0.283. The number of para-hydroxylation sites is 1. The van der Waals surface area contributed by atoms with Gasteiger partial charge in [0.15, 0.2) is 11.5 Å². The number of methoxy groups -OCH3 is 2. The molecule has 0 amide bonds. The van der Waals surface area contributed by atoms with Crippen molar-refractivity contribution in [3.8, 4) is 17.2 Å². The Labute approximate surface area is 89.1 Å². The summed E-state index contributed by atoms with van der Waals surface area (Å²) >= 11 is 0. The van der Waals surface area contributed by atoms with Gasteiger partial charge in [-0.15, -0.1) is 0 Å². The molecule has 0 saturated carbocycles. The van der Waals surface area contributed by atoms with Gasteiger partial charge in [-0.3, -0.25) is 11.3 Å². The fraction of sp³-hybridized carbons (Fsp3) is 0.400. The second kappa shape index (κ2) is 6.10. The minimum Gasteiger partial charge on any atom is -0.493 e. The molecule has 5 heteroatoms. The predicted octanol–water partition coefficient (Wildman–Crippen LogP) is 0.546. The summed E-state index contributed by atoms with van der Waals surface area (Å²) in [6.07, 6.45) is 0. The number of benzene rings is 1. The van der Waals surface area contributed by atoms with Crippen molar-refractivity contribution in [1.29, 1.82) is 0 Å². The van der Waals surface area contributed by atoms with Gasteiger partial charge in [0.05, 0.1) is 14.2 Å². The van der Waals surface area contributed by atoms with Crippen LogP contribution in [0.4, 0.5) is 0 Å². The molecule has 3 N–H and O–H groups in total. The molecular formula is C10H16N2O3. The molecule has 0 fully saturated rings. The third-order valence-electron chi connectivity index (χ3n) is 1.87. The van der Waals surface area contributed by atoms with E-state index in [0.29, 0.717) is 30.4 Å². The van der Waals surface area contributed by atoms with E-state index in [1.807, 2.05) is 18.2 Å². The molecule has 0 aliphatic carbocycles. The van der Waals surface area contributed by atoms with Crippen LogP contribution >= 0.6 is 0 Å². The summed E-state index contributed by atoms with van der Waals surface area (Å²) in [4.78, 5) is 0. The van der Waals surface area contributed by atoms with Crippen LogP contribution in [-0.2, 0) is 0 Å². The molecule has 5 nitrogen and oxygen atoms in total. The lowest BCUT2D eigenvalue weighted by Gasteiger charge is -2.13. The first-order chi connectivity index (χ1) is 7.33. The third kappa shape index (κ3) is 3.00. The zero-order valence-corrected chi connectivity index (χ0v) is 8.95. The smallest absolute Gasteiger partial charge is 0.203 e. The van der Waals surface area contributed by atoms with Crippen molar-refractivity contribution < 1.29 is 14.2 Å². The minimum atomic E-state index is 0.472. The van der Waals surface area contributed by atoms with Crippen LogP contribution < -0.4 is 25.5 Å². The summed E-state index contributed by atoms with van der Waals surface area (Å²) in [5.41, 5.74) is 2.51. The average Bonchev–Trinajstić information content (AvgIpc) is 2.29. The van der Waals surface area contributed by atoms with Gasteiger partial charge < -0.3 is 14.2 Å². The lowest BCUT2D eigenvalue weighted by atomic mass is 10.3. The maximum atomic E-state index is 5.46. The van der Waals surface area contributed by atoms with Crippen molar-refractivity contribution in [1.82, 2.24) is 5.43 Å². The number of hydrazine groups is 1. The van der Waals surface area contributed by atoms with E-state index in [1.54, 1.807) is 14.2 Å². The molecule has 0 bridgehead atoms. The Bertz CT molecular complexity index is 305. The fourth-order valence-electron chi connectivity index (χ4n) is 1.19. The standard InChI is InChI=1S/C10H16N2O3/c1-13-8-4-3-5-9(10(8)14-2)15-7-6-12-11/h3-5,12H,6-7,11H2,1-2H3. The van der Waals surface area contributed by atoms with Crippen LogP contribution in [0, 0.1) is 0 Å². The largest absolute Gasteiger partial charge is 0.493 e. The number of hydrogen-bond donors (Lipinski definition) is 2. The number of ether oxygens (including phenoxy) is 3. The Hall–Kier alpha value is -1.46. The van der Waals surface area contributed by atoms with Crippen LogP contribution in [-0.4, -0.2) is 27.4 Å². The van der Waals surface area contributed by atoms with E-state index in [0.717, 1.165) is 0 Å². The molecule has 0 aliphatic heterocycles. The Morgan fingerprint density at radius 2 is 1.93 bits per heavy atom. The van der Waals surface area contributed by atoms with Gasteiger partial charge in [0.2, 0.25) is 5.75 Å². The zero-order chi connectivity index (χ0) is 11.1. The van der Waals surface area contributed by atoms with E-state index in [9.17, 15) is 0 Å². The maximum absolute atomic E-state index is 5.46. The van der Waals surface area contributed by atoms with E-state index < -0.39 is 0 Å².